The minimum Gasteiger partial charge on any atom is -0.383 e. The van der Waals surface area contributed by atoms with Crippen molar-refractivity contribution in [1.29, 1.82) is 0 Å². The minimum absolute atomic E-state index is 0.685. The van der Waals surface area contributed by atoms with Gasteiger partial charge in [-0.05, 0) is 19.4 Å². The van der Waals surface area contributed by atoms with Gasteiger partial charge in [-0.15, -0.1) is 0 Å². The monoisotopic (exact) mass is 292 g/mol. The lowest BCUT2D eigenvalue weighted by atomic mass is 10.3. The van der Waals surface area contributed by atoms with Crippen molar-refractivity contribution in [2.45, 2.75) is 39.9 Å². The lowest BCUT2D eigenvalue weighted by molar-refractivity contribution is 0.198. The first-order chi connectivity index (χ1) is 10.3. The molecule has 0 radical (unpaired) electrons. The summed E-state index contributed by atoms with van der Waals surface area (Å²) in [5, 5.41) is 12.2. The van der Waals surface area contributed by atoms with Crippen molar-refractivity contribution >= 4 is 0 Å². The van der Waals surface area contributed by atoms with E-state index in [-0.39, 0.29) is 0 Å². The number of nitrogens with one attached hydrogen (secondary N) is 1. The van der Waals surface area contributed by atoms with E-state index in [1.807, 2.05) is 9.36 Å². The minimum atomic E-state index is 0.685. The molecule has 7 nitrogen and oxygen atoms in total. The standard InChI is InChI=1S/C14H24N6O/c1-4-12-8-13(19(5-2)18-12)10-20-14(16-11-17-20)9-15-6-7-21-3/h8,11,15H,4-7,9-10H2,1-3H3. The van der Waals surface area contributed by atoms with Crippen LogP contribution >= 0.6 is 0 Å². The number of ether oxygens (including phenoxy) is 1. The Morgan fingerprint density at radius 1 is 1.29 bits per heavy atom. The van der Waals surface area contributed by atoms with Crippen molar-refractivity contribution in [3.63, 3.8) is 0 Å². The molecule has 1 N–H and O–H groups in total. The predicted molar refractivity (Wildman–Crippen MR) is 80.0 cm³/mol. The fraction of sp³-hybridized carbons (Fsp3) is 0.643. The van der Waals surface area contributed by atoms with Crippen LogP contribution in [0.3, 0.4) is 0 Å². The van der Waals surface area contributed by atoms with Gasteiger partial charge >= 0.3 is 0 Å². The molecule has 0 aliphatic carbocycles. The number of nitrogens with zero attached hydrogens (tertiary/aromatic N) is 5. The third-order valence-electron chi connectivity index (χ3n) is 3.35. The molecular weight excluding hydrogens is 268 g/mol. The van der Waals surface area contributed by atoms with Crippen molar-refractivity contribution in [1.82, 2.24) is 29.9 Å². The number of aromatic nitrogens is 5. The second-order valence-electron chi connectivity index (χ2n) is 4.80. The molecule has 0 unspecified atom stereocenters. The summed E-state index contributed by atoms with van der Waals surface area (Å²) >= 11 is 0. The first-order valence-corrected chi connectivity index (χ1v) is 7.40. The van der Waals surface area contributed by atoms with Crippen molar-refractivity contribution in [2.75, 3.05) is 20.3 Å². The Morgan fingerprint density at radius 3 is 2.86 bits per heavy atom. The van der Waals surface area contributed by atoms with E-state index in [4.69, 9.17) is 4.74 Å². The van der Waals surface area contributed by atoms with Gasteiger partial charge in [-0.3, -0.25) is 4.68 Å². The highest BCUT2D eigenvalue weighted by atomic mass is 16.5. The third-order valence-corrected chi connectivity index (χ3v) is 3.35. The van der Waals surface area contributed by atoms with Crippen LogP contribution in [0, 0.1) is 0 Å². The van der Waals surface area contributed by atoms with Crippen molar-refractivity contribution in [3.8, 4) is 0 Å². The van der Waals surface area contributed by atoms with E-state index in [0.717, 1.165) is 36.7 Å². The molecule has 7 heteroatoms. The van der Waals surface area contributed by atoms with Crippen LogP contribution in [0.15, 0.2) is 12.4 Å². The fourth-order valence-corrected chi connectivity index (χ4v) is 2.17. The molecule has 0 atom stereocenters. The summed E-state index contributed by atoms with van der Waals surface area (Å²) in [6.45, 7) is 7.96. The van der Waals surface area contributed by atoms with E-state index >= 15 is 0 Å². The van der Waals surface area contributed by atoms with Crippen LogP contribution in [-0.4, -0.2) is 44.8 Å². The zero-order valence-corrected chi connectivity index (χ0v) is 13.0. The van der Waals surface area contributed by atoms with Gasteiger partial charge in [0.05, 0.1) is 31.1 Å². The van der Waals surface area contributed by atoms with Crippen molar-refractivity contribution < 1.29 is 4.74 Å². The summed E-state index contributed by atoms with van der Waals surface area (Å²) in [5.74, 6) is 0.924. The summed E-state index contributed by atoms with van der Waals surface area (Å²) in [6, 6.07) is 2.15. The molecule has 116 valence electrons. The second kappa shape index (κ2) is 7.90. The maximum atomic E-state index is 5.02. The number of aryl methyl sites for hydroxylation is 2. The Labute approximate surface area is 125 Å². The molecule has 0 aliphatic rings. The molecular formula is C14H24N6O. The van der Waals surface area contributed by atoms with E-state index in [1.165, 1.54) is 0 Å². The fourth-order valence-electron chi connectivity index (χ4n) is 2.17. The zero-order chi connectivity index (χ0) is 15.1. The molecule has 0 saturated carbocycles. The van der Waals surface area contributed by atoms with Gasteiger partial charge in [-0.1, -0.05) is 6.92 Å². The number of methoxy groups -OCH3 is 1. The van der Waals surface area contributed by atoms with Gasteiger partial charge in [-0.25, -0.2) is 9.67 Å². The van der Waals surface area contributed by atoms with Crippen LogP contribution in [-0.2, 0) is 30.8 Å². The third kappa shape index (κ3) is 4.12. The Balaban J connectivity index is 2.02. The molecule has 0 aliphatic heterocycles. The maximum absolute atomic E-state index is 5.02. The summed E-state index contributed by atoms with van der Waals surface area (Å²) < 4.78 is 8.97. The average Bonchev–Trinajstić information content (AvgIpc) is 3.10. The average molecular weight is 292 g/mol. The van der Waals surface area contributed by atoms with Gasteiger partial charge in [0.25, 0.3) is 0 Å². The van der Waals surface area contributed by atoms with Crippen molar-refractivity contribution in [3.05, 3.63) is 29.6 Å². The first kappa shape index (κ1) is 15.7. The Hall–Kier alpha value is -1.73. The summed E-state index contributed by atoms with van der Waals surface area (Å²) in [5.41, 5.74) is 2.28. The predicted octanol–water partition coefficient (Wildman–Crippen LogP) is 0.841. The highest BCUT2D eigenvalue weighted by Gasteiger charge is 2.10. The topological polar surface area (TPSA) is 69.8 Å². The summed E-state index contributed by atoms with van der Waals surface area (Å²) in [4.78, 5) is 4.31. The molecule has 0 bridgehead atoms. The zero-order valence-electron chi connectivity index (χ0n) is 13.0. The van der Waals surface area contributed by atoms with E-state index in [2.05, 4.69) is 40.4 Å². The molecule has 2 aromatic heterocycles. The lowest BCUT2D eigenvalue weighted by Crippen LogP contribution is -2.22. The molecule has 0 aromatic carbocycles. The quantitative estimate of drug-likeness (QED) is 0.694. The van der Waals surface area contributed by atoms with Gasteiger partial charge in [0.1, 0.15) is 12.2 Å². The van der Waals surface area contributed by atoms with Crippen LogP contribution in [0.2, 0.25) is 0 Å². The molecule has 2 heterocycles. The van der Waals surface area contributed by atoms with Crippen LogP contribution in [0.5, 0.6) is 0 Å². The van der Waals surface area contributed by atoms with Gasteiger partial charge in [0.15, 0.2) is 0 Å². The van der Waals surface area contributed by atoms with Crippen LogP contribution in [0.1, 0.15) is 31.1 Å². The van der Waals surface area contributed by atoms with Gasteiger partial charge in [-0.2, -0.15) is 10.2 Å². The molecule has 0 amide bonds. The summed E-state index contributed by atoms with van der Waals surface area (Å²) in [6.07, 6.45) is 2.55. The first-order valence-electron chi connectivity index (χ1n) is 7.40. The highest BCUT2D eigenvalue weighted by Crippen LogP contribution is 2.08. The summed E-state index contributed by atoms with van der Waals surface area (Å²) in [7, 11) is 1.70. The number of rotatable bonds is 9. The molecule has 2 aromatic rings. The Bertz CT molecular complexity index is 547. The normalized spacial score (nSPS) is 11.2. The Morgan fingerprint density at radius 2 is 2.14 bits per heavy atom. The van der Waals surface area contributed by atoms with Gasteiger partial charge in [0.2, 0.25) is 0 Å². The molecule has 2 rings (SSSR count). The number of hydrogen-bond acceptors (Lipinski definition) is 5. The second-order valence-corrected chi connectivity index (χ2v) is 4.80. The van der Waals surface area contributed by atoms with Crippen LogP contribution in [0.4, 0.5) is 0 Å². The van der Waals surface area contributed by atoms with E-state index < -0.39 is 0 Å². The molecule has 0 saturated heterocycles. The molecule has 21 heavy (non-hydrogen) atoms. The highest BCUT2D eigenvalue weighted by molar-refractivity contribution is 5.11. The van der Waals surface area contributed by atoms with E-state index in [9.17, 15) is 0 Å². The van der Waals surface area contributed by atoms with Crippen LogP contribution in [0.25, 0.3) is 0 Å². The van der Waals surface area contributed by atoms with E-state index in [0.29, 0.717) is 19.7 Å². The Kier molecular flexibility index (Phi) is 5.89. The van der Waals surface area contributed by atoms with Crippen molar-refractivity contribution in [2.24, 2.45) is 0 Å². The molecule has 0 spiro atoms. The van der Waals surface area contributed by atoms with E-state index in [1.54, 1.807) is 13.4 Å². The maximum Gasteiger partial charge on any atom is 0.141 e. The largest absolute Gasteiger partial charge is 0.383 e. The van der Waals surface area contributed by atoms with Gasteiger partial charge in [0, 0.05) is 20.2 Å². The molecule has 0 fully saturated rings. The van der Waals surface area contributed by atoms with Crippen LogP contribution < -0.4 is 5.32 Å². The number of hydrogen-bond donors (Lipinski definition) is 1. The smallest absolute Gasteiger partial charge is 0.141 e. The SMILES string of the molecule is CCc1cc(Cn2ncnc2CNCCOC)n(CC)n1. The lowest BCUT2D eigenvalue weighted by Gasteiger charge is -2.08. The van der Waals surface area contributed by atoms with Gasteiger partial charge < -0.3 is 10.1 Å².